The molecule has 0 bridgehead atoms. The number of anilines is 1. The summed E-state index contributed by atoms with van der Waals surface area (Å²) < 4.78 is 27.1. The number of nitrogens with zero attached hydrogens (tertiary/aromatic N) is 5. The van der Waals surface area contributed by atoms with E-state index in [9.17, 15) is 24.0 Å². The molecule has 3 aliphatic rings. The fourth-order valence-corrected chi connectivity index (χ4v) is 9.25. The average molecular weight is 920 g/mol. The van der Waals surface area contributed by atoms with Crippen molar-refractivity contribution in [2.75, 3.05) is 51.1 Å². The number of carbonyl (C=O) groups excluding carboxylic acids is 4. The van der Waals surface area contributed by atoms with Crippen LogP contribution >= 0.6 is 11.6 Å². The maximum atomic E-state index is 15.1. The first-order valence-electron chi connectivity index (χ1n) is 22.7. The number of hydrogen-bond donors (Lipinski definition) is 2. The molecule has 3 fully saturated rings. The second kappa shape index (κ2) is 20.2. The van der Waals surface area contributed by atoms with Gasteiger partial charge in [0.1, 0.15) is 17.2 Å². The summed E-state index contributed by atoms with van der Waals surface area (Å²) in [5.41, 5.74) is 2.11. The number of carbonyl (C=O) groups is 4. The third-order valence-corrected chi connectivity index (χ3v) is 12.8. The van der Waals surface area contributed by atoms with Crippen LogP contribution in [0.15, 0.2) is 83.8 Å². The highest BCUT2D eigenvalue weighted by Crippen LogP contribution is 2.30. The standard InChI is InChI=1S/C50H55ClFN7O7/c1-50(2,3)66-49(64)54-43-28-34(33-7-6-8-35(51)27-33)29-53-45(43)48(63)59-23-17-37(18-24-59)65-36-15-19-57(20-16-36)30-44(60)32-13-21-58(22-14-32)47(62)40-25-31(11-12-41(40)52)26-42-38-9-4-5-10-39(38)46(61)56-55-42/h4-12,25,27-29,32,36-37H,13-24,26,30H2,1-3H3,(H,54,64)(H,56,61). The lowest BCUT2D eigenvalue weighted by molar-refractivity contribution is -0.126. The summed E-state index contributed by atoms with van der Waals surface area (Å²) in [5, 5.41) is 11.3. The number of nitrogens with one attached hydrogen (secondary N) is 2. The van der Waals surface area contributed by atoms with E-state index in [1.807, 2.05) is 24.3 Å². The summed E-state index contributed by atoms with van der Waals surface area (Å²) >= 11 is 6.24. The molecule has 3 aliphatic heterocycles. The van der Waals surface area contributed by atoms with Gasteiger partial charge in [-0.05, 0) is 107 Å². The van der Waals surface area contributed by atoms with E-state index in [0.717, 1.165) is 31.5 Å². The SMILES string of the molecule is CC(C)(C)OC(=O)Nc1cc(-c2cccc(Cl)c2)cnc1C(=O)N1CCC(OC2CCN(CC(=O)C3CCN(C(=O)c4cc(Cc5n[nH]c(=O)c6ccccc56)ccc4F)CC3)CC2)CC1. The summed E-state index contributed by atoms with van der Waals surface area (Å²) in [4.78, 5) is 76.1. The van der Waals surface area contributed by atoms with Gasteiger partial charge in [0.05, 0.1) is 41.1 Å². The molecule has 0 aliphatic carbocycles. The van der Waals surface area contributed by atoms with Crippen LogP contribution in [0, 0.1) is 11.7 Å². The molecule has 16 heteroatoms. The van der Waals surface area contributed by atoms with Gasteiger partial charge < -0.3 is 19.3 Å². The first-order chi connectivity index (χ1) is 31.7. The van der Waals surface area contributed by atoms with E-state index in [1.165, 1.54) is 6.07 Å². The molecule has 2 N–H and O–H groups in total. The molecule has 5 heterocycles. The molecule has 5 aromatic rings. The van der Waals surface area contributed by atoms with E-state index in [4.69, 9.17) is 21.1 Å². The molecule has 14 nitrogen and oxygen atoms in total. The maximum absolute atomic E-state index is 15.1. The molecule has 0 radical (unpaired) electrons. The molecule has 0 unspecified atom stereocenters. The van der Waals surface area contributed by atoms with Crippen LogP contribution in [0.5, 0.6) is 0 Å². The molecule has 3 aromatic carbocycles. The Bertz CT molecular complexity index is 2660. The zero-order valence-electron chi connectivity index (χ0n) is 37.5. The minimum absolute atomic E-state index is 0.0124. The van der Waals surface area contributed by atoms with Crippen LogP contribution in [0.3, 0.4) is 0 Å². The van der Waals surface area contributed by atoms with Gasteiger partial charge in [0.25, 0.3) is 17.4 Å². The number of H-pyrrole nitrogens is 1. The molecule has 2 aromatic heterocycles. The number of ether oxygens (including phenoxy) is 2. The molecule has 3 amide bonds. The van der Waals surface area contributed by atoms with Gasteiger partial charge in [0.2, 0.25) is 0 Å². The Kier molecular flexibility index (Phi) is 14.3. The lowest BCUT2D eigenvalue weighted by atomic mass is 9.91. The van der Waals surface area contributed by atoms with Crippen molar-refractivity contribution < 1.29 is 33.0 Å². The van der Waals surface area contributed by atoms with Crippen LogP contribution in [0.25, 0.3) is 21.9 Å². The number of Topliss-reactive ketones (excluding diaryl/α,β-unsaturated/α-hetero) is 1. The molecular weight excluding hydrogens is 865 g/mol. The van der Waals surface area contributed by atoms with Gasteiger partial charge in [0.15, 0.2) is 5.69 Å². The van der Waals surface area contributed by atoms with Gasteiger partial charge in [-0.2, -0.15) is 5.10 Å². The zero-order valence-corrected chi connectivity index (χ0v) is 38.2. The Labute approximate surface area is 387 Å². The molecular formula is C50H55ClFN7O7. The van der Waals surface area contributed by atoms with E-state index >= 15 is 4.39 Å². The Morgan fingerprint density at radius 3 is 2.17 bits per heavy atom. The minimum atomic E-state index is -0.739. The monoisotopic (exact) mass is 919 g/mol. The number of rotatable bonds is 11. The maximum Gasteiger partial charge on any atom is 0.412 e. The highest BCUT2D eigenvalue weighted by Gasteiger charge is 2.33. The third kappa shape index (κ3) is 11.3. The van der Waals surface area contributed by atoms with Crippen molar-refractivity contribution in [3.8, 4) is 11.1 Å². The predicted octanol–water partition coefficient (Wildman–Crippen LogP) is 7.92. The largest absolute Gasteiger partial charge is 0.444 e. The number of piperidine rings is 3. The van der Waals surface area contributed by atoms with Gasteiger partial charge in [-0.1, -0.05) is 48.0 Å². The number of aromatic amines is 1. The lowest BCUT2D eigenvalue weighted by Gasteiger charge is -2.37. The van der Waals surface area contributed by atoms with Gasteiger partial charge in [-0.3, -0.25) is 29.4 Å². The Morgan fingerprint density at radius 2 is 1.47 bits per heavy atom. The quantitative estimate of drug-likeness (QED) is 0.133. The van der Waals surface area contributed by atoms with Crippen molar-refractivity contribution in [1.82, 2.24) is 29.9 Å². The van der Waals surface area contributed by atoms with Crippen LogP contribution in [0.4, 0.5) is 14.9 Å². The molecule has 8 rings (SSSR count). The second-order valence-corrected chi connectivity index (χ2v) is 18.9. The van der Waals surface area contributed by atoms with Crippen molar-refractivity contribution in [3.63, 3.8) is 0 Å². The number of benzene rings is 3. The highest BCUT2D eigenvalue weighted by molar-refractivity contribution is 6.30. The van der Waals surface area contributed by atoms with E-state index in [2.05, 4.69) is 25.4 Å². The van der Waals surface area contributed by atoms with Crippen LogP contribution in [0.1, 0.15) is 91.4 Å². The summed E-state index contributed by atoms with van der Waals surface area (Å²) in [7, 11) is 0. The van der Waals surface area contributed by atoms with E-state index in [0.29, 0.717) is 97.4 Å². The Balaban J connectivity index is 0.780. The first-order valence-corrected chi connectivity index (χ1v) is 23.0. The third-order valence-electron chi connectivity index (χ3n) is 12.6. The predicted molar refractivity (Wildman–Crippen MR) is 249 cm³/mol. The summed E-state index contributed by atoms with van der Waals surface area (Å²) in [6.07, 6.45) is 5.20. The summed E-state index contributed by atoms with van der Waals surface area (Å²) in [6.45, 7) is 8.78. The van der Waals surface area contributed by atoms with Crippen LogP contribution in [0.2, 0.25) is 5.02 Å². The molecule has 0 spiro atoms. The number of pyridine rings is 1. The van der Waals surface area contributed by atoms with Crippen molar-refractivity contribution in [3.05, 3.63) is 123 Å². The van der Waals surface area contributed by atoms with E-state index < -0.39 is 23.4 Å². The zero-order chi connectivity index (χ0) is 46.5. The molecule has 0 atom stereocenters. The van der Waals surface area contributed by atoms with Crippen molar-refractivity contribution in [1.29, 1.82) is 0 Å². The van der Waals surface area contributed by atoms with Crippen molar-refractivity contribution in [2.45, 2.75) is 83.5 Å². The Morgan fingerprint density at radius 1 is 0.803 bits per heavy atom. The fraction of sp³-hybridized carbons (Fsp3) is 0.420. The van der Waals surface area contributed by atoms with Gasteiger partial charge >= 0.3 is 6.09 Å². The summed E-state index contributed by atoms with van der Waals surface area (Å²) in [6, 6.07) is 20.6. The minimum Gasteiger partial charge on any atom is -0.444 e. The number of likely N-dealkylation sites (tertiary alicyclic amines) is 3. The number of fused-ring (bicyclic) bond motifs is 1. The Hall–Kier alpha value is -6.03. The number of hydrogen-bond acceptors (Lipinski definition) is 10. The number of halogens is 2. The smallest absolute Gasteiger partial charge is 0.412 e. The van der Waals surface area contributed by atoms with Crippen LogP contribution in [-0.2, 0) is 20.7 Å². The van der Waals surface area contributed by atoms with Gasteiger partial charge in [-0.15, -0.1) is 0 Å². The van der Waals surface area contributed by atoms with Crippen molar-refractivity contribution in [2.24, 2.45) is 5.92 Å². The topological polar surface area (TPSA) is 167 Å². The lowest BCUT2D eigenvalue weighted by Crippen LogP contribution is -2.46. The van der Waals surface area contributed by atoms with E-state index in [1.54, 1.807) is 79.2 Å². The number of ketones is 1. The highest BCUT2D eigenvalue weighted by atomic mass is 35.5. The van der Waals surface area contributed by atoms with Crippen LogP contribution < -0.4 is 10.9 Å². The normalized spacial score (nSPS) is 16.9. The molecule has 0 saturated carbocycles. The van der Waals surface area contributed by atoms with Gasteiger partial charge in [-0.25, -0.2) is 19.3 Å². The van der Waals surface area contributed by atoms with Gasteiger partial charge in [0, 0.05) is 73.8 Å². The van der Waals surface area contributed by atoms with E-state index in [-0.39, 0.29) is 52.3 Å². The summed E-state index contributed by atoms with van der Waals surface area (Å²) in [5.74, 6) is -1.32. The average Bonchev–Trinajstić information content (AvgIpc) is 3.30. The number of aromatic nitrogens is 3. The first kappa shape index (κ1) is 46.5. The molecule has 66 heavy (non-hydrogen) atoms. The van der Waals surface area contributed by atoms with Crippen molar-refractivity contribution >= 4 is 51.8 Å². The fourth-order valence-electron chi connectivity index (χ4n) is 9.06. The molecule has 3 saturated heterocycles. The number of amides is 3. The second-order valence-electron chi connectivity index (χ2n) is 18.4. The molecule has 346 valence electrons. The van der Waals surface area contributed by atoms with Crippen LogP contribution in [-0.4, -0.2) is 117 Å².